The smallest absolute Gasteiger partial charge is 0.270 e. The zero-order valence-electron chi connectivity index (χ0n) is 14.5. The number of hydrogen-bond donors (Lipinski definition) is 1. The highest BCUT2D eigenvalue weighted by Crippen LogP contribution is 2.34. The Balaban J connectivity index is 1.87. The van der Waals surface area contributed by atoms with Gasteiger partial charge in [0.25, 0.3) is 5.91 Å². The van der Waals surface area contributed by atoms with Crippen LogP contribution >= 0.6 is 23.2 Å². The van der Waals surface area contributed by atoms with Gasteiger partial charge in [0.05, 0.1) is 12.1 Å². The molecule has 0 saturated carbocycles. The summed E-state index contributed by atoms with van der Waals surface area (Å²) in [4.78, 5) is 12.9. The lowest BCUT2D eigenvalue weighted by molar-refractivity contribution is -0.123. The van der Waals surface area contributed by atoms with Crippen molar-refractivity contribution >= 4 is 34.8 Å². The Hall–Kier alpha value is -2.69. The van der Waals surface area contributed by atoms with E-state index in [1.54, 1.807) is 49.6 Å². The Morgan fingerprint density at radius 1 is 0.926 bits per heavy atom. The predicted octanol–water partition coefficient (Wildman–Crippen LogP) is 5.76. The van der Waals surface area contributed by atoms with Gasteiger partial charge < -0.3 is 14.8 Å². The fourth-order valence-electron chi connectivity index (χ4n) is 2.48. The van der Waals surface area contributed by atoms with Gasteiger partial charge in [-0.2, -0.15) is 0 Å². The summed E-state index contributed by atoms with van der Waals surface area (Å²) in [5, 5.41) is 3.47. The number of carbonyl (C=O) groups is 1. The van der Waals surface area contributed by atoms with E-state index in [0.717, 1.165) is 0 Å². The molecule has 3 rings (SSSR count). The first kappa shape index (κ1) is 19.1. The fourth-order valence-corrected chi connectivity index (χ4v) is 2.82. The SMILES string of the molecule is COc1ccc(NC(=O)C(Oc2cccc(Cl)c2Cl)c2ccccc2)cc1. The van der Waals surface area contributed by atoms with E-state index in [1.807, 2.05) is 30.3 Å². The number of ether oxygens (including phenoxy) is 2. The van der Waals surface area contributed by atoms with Crippen molar-refractivity contribution in [2.45, 2.75) is 6.10 Å². The maximum Gasteiger partial charge on any atom is 0.270 e. The van der Waals surface area contributed by atoms with Crippen LogP contribution in [0.5, 0.6) is 11.5 Å². The molecule has 0 aliphatic carbocycles. The fraction of sp³-hybridized carbons (Fsp3) is 0.0952. The molecule has 0 spiro atoms. The third-order valence-corrected chi connectivity index (χ3v) is 4.66. The summed E-state index contributed by atoms with van der Waals surface area (Å²) < 4.78 is 11.1. The average Bonchev–Trinajstić information content (AvgIpc) is 2.70. The molecule has 27 heavy (non-hydrogen) atoms. The van der Waals surface area contributed by atoms with E-state index >= 15 is 0 Å². The van der Waals surface area contributed by atoms with E-state index in [2.05, 4.69) is 5.32 Å². The number of amides is 1. The van der Waals surface area contributed by atoms with Crippen molar-refractivity contribution in [3.05, 3.63) is 88.4 Å². The minimum absolute atomic E-state index is 0.261. The monoisotopic (exact) mass is 401 g/mol. The highest BCUT2D eigenvalue weighted by molar-refractivity contribution is 6.42. The Labute approximate surface area is 167 Å². The number of methoxy groups -OCH3 is 1. The standard InChI is InChI=1S/C21H17Cl2NO3/c1-26-16-12-10-15(11-13-16)24-21(25)20(14-6-3-2-4-7-14)27-18-9-5-8-17(22)19(18)23/h2-13,20H,1H3,(H,24,25). The zero-order valence-corrected chi connectivity index (χ0v) is 16.0. The zero-order chi connectivity index (χ0) is 19.2. The van der Waals surface area contributed by atoms with Crippen molar-refractivity contribution in [3.63, 3.8) is 0 Å². The summed E-state index contributed by atoms with van der Waals surface area (Å²) in [6.07, 6.45) is -0.899. The Bertz CT molecular complexity index is 914. The molecule has 0 aliphatic rings. The van der Waals surface area contributed by atoms with E-state index in [9.17, 15) is 4.79 Å². The molecule has 0 aromatic heterocycles. The molecular weight excluding hydrogens is 385 g/mol. The van der Waals surface area contributed by atoms with E-state index in [1.165, 1.54) is 0 Å². The van der Waals surface area contributed by atoms with Gasteiger partial charge in [-0.15, -0.1) is 0 Å². The molecule has 0 radical (unpaired) electrons. The van der Waals surface area contributed by atoms with E-state index < -0.39 is 6.10 Å². The van der Waals surface area contributed by atoms with Crippen molar-refractivity contribution in [2.75, 3.05) is 12.4 Å². The van der Waals surface area contributed by atoms with Gasteiger partial charge in [-0.25, -0.2) is 0 Å². The van der Waals surface area contributed by atoms with Crippen molar-refractivity contribution in [1.29, 1.82) is 0 Å². The number of anilines is 1. The molecule has 0 saturated heterocycles. The molecular formula is C21H17Cl2NO3. The first-order valence-corrected chi connectivity index (χ1v) is 8.94. The molecule has 0 fully saturated rings. The molecule has 1 amide bonds. The Morgan fingerprint density at radius 3 is 2.30 bits per heavy atom. The summed E-state index contributed by atoms with van der Waals surface area (Å²) in [7, 11) is 1.58. The third-order valence-electron chi connectivity index (χ3n) is 3.86. The number of hydrogen-bond acceptors (Lipinski definition) is 3. The van der Waals surface area contributed by atoms with Crippen LogP contribution in [0.4, 0.5) is 5.69 Å². The van der Waals surface area contributed by atoms with E-state index in [0.29, 0.717) is 27.8 Å². The van der Waals surface area contributed by atoms with Crippen LogP contribution in [0.15, 0.2) is 72.8 Å². The molecule has 0 aliphatic heterocycles. The van der Waals surface area contributed by atoms with Gasteiger partial charge in [-0.3, -0.25) is 4.79 Å². The number of rotatable bonds is 6. The lowest BCUT2D eigenvalue weighted by Crippen LogP contribution is -2.25. The highest BCUT2D eigenvalue weighted by atomic mass is 35.5. The molecule has 1 unspecified atom stereocenters. The maximum atomic E-state index is 12.9. The van der Waals surface area contributed by atoms with Crippen LogP contribution in [0.2, 0.25) is 10.0 Å². The van der Waals surface area contributed by atoms with Gasteiger partial charge in [0.2, 0.25) is 6.10 Å². The van der Waals surface area contributed by atoms with Crippen LogP contribution in [0.3, 0.4) is 0 Å². The summed E-state index contributed by atoms with van der Waals surface area (Å²) in [6.45, 7) is 0. The van der Waals surface area contributed by atoms with Gasteiger partial charge >= 0.3 is 0 Å². The summed E-state index contributed by atoms with van der Waals surface area (Å²) in [5.41, 5.74) is 1.32. The minimum atomic E-state index is -0.899. The minimum Gasteiger partial charge on any atom is -0.497 e. The average molecular weight is 402 g/mol. The Kier molecular flexibility index (Phi) is 6.22. The summed E-state index contributed by atoms with van der Waals surface area (Å²) in [6, 6.07) is 21.3. The number of benzene rings is 3. The van der Waals surface area contributed by atoms with E-state index in [-0.39, 0.29) is 10.9 Å². The lowest BCUT2D eigenvalue weighted by atomic mass is 10.1. The molecule has 1 N–H and O–H groups in total. The van der Waals surface area contributed by atoms with Gasteiger partial charge in [0.15, 0.2) is 0 Å². The number of halogens is 2. The number of nitrogens with one attached hydrogen (secondary N) is 1. The molecule has 3 aromatic carbocycles. The highest BCUT2D eigenvalue weighted by Gasteiger charge is 2.24. The molecule has 4 nitrogen and oxygen atoms in total. The van der Waals surface area contributed by atoms with Gasteiger partial charge in [0.1, 0.15) is 16.5 Å². The number of carbonyl (C=O) groups excluding carboxylic acids is 1. The van der Waals surface area contributed by atoms with Gasteiger partial charge in [0, 0.05) is 11.3 Å². The topological polar surface area (TPSA) is 47.6 Å². The van der Waals surface area contributed by atoms with Crippen LogP contribution in [0.1, 0.15) is 11.7 Å². The van der Waals surface area contributed by atoms with E-state index in [4.69, 9.17) is 32.7 Å². The second-order valence-electron chi connectivity index (χ2n) is 5.68. The van der Waals surface area contributed by atoms with Crippen LogP contribution in [0, 0.1) is 0 Å². The molecule has 6 heteroatoms. The van der Waals surface area contributed by atoms with Gasteiger partial charge in [-0.05, 0) is 36.4 Å². The van der Waals surface area contributed by atoms with Crippen molar-refractivity contribution in [1.82, 2.24) is 0 Å². The first-order chi connectivity index (χ1) is 13.1. The van der Waals surface area contributed by atoms with Gasteiger partial charge in [-0.1, -0.05) is 59.6 Å². The summed E-state index contributed by atoms with van der Waals surface area (Å²) in [5.74, 6) is 0.708. The maximum absolute atomic E-state index is 12.9. The first-order valence-electron chi connectivity index (χ1n) is 8.19. The largest absolute Gasteiger partial charge is 0.497 e. The van der Waals surface area contributed by atoms with Crippen LogP contribution in [0.25, 0.3) is 0 Å². The Morgan fingerprint density at radius 2 is 1.63 bits per heavy atom. The third kappa shape index (κ3) is 4.73. The molecule has 0 bridgehead atoms. The van der Waals surface area contributed by atoms with Crippen molar-refractivity contribution in [3.8, 4) is 11.5 Å². The second kappa shape index (κ2) is 8.80. The second-order valence-corrected chi connectivity index (χ2v) is 6.46. The molecule has 138 valence electrons. The van der Waals surface area contributed by atoms with Crippen LogP contribution in [-0.2, 0) is 4.79 Å². The van der Waals surface area contributed by atoms with Crippen LogP contribution in [-0.4, -0.2) is 13.0 Å². The molecule has 1 atom stereocenters. The molecule has 0 heterocycles. The summed E-state index contributed by atoms with van der Waals surface area (Å²) >= 11 is 12.3. The molecule has 3 aromatic rings. The lowest BCUT2D eigenvalue weighted by Gasteiger charge is -2.20. The van der Waals surface area contributed by atoms with Crippen molar-refractivity contribution < 1.29 is 14.3 Å². The van der Waals surface area contributed by atoms with Crippen LogP contribution < -0.4 is 14.8 Å². The predicted molar refractivity (Wildman–Crippen MR) is 108 cm³/mol. The van der Waals surface area contributed by atoms with Crippen molar-refractivity contribution in [2.24, 2.45) is 0 Å². The quantitative estimate of drug-likeness (QED) is 0.570. The normalized spacial score (nSPS) is 11.5.